The van der Waals surface area contributed by atoms with E-state index in [1.165, 1.54) is 0 Å². The van der Waals surface area contributed by atoms with Crippen molar-refractivity contribution in [2.24, 2.45) is 0 Å². The zero-order chi connectivity index (χ0) is 20.3. The Morgan fingerprint density at radius 3 is 2.59 bits per heavy atom. The fraction of sp³-hybridized carbons (Fsp3) is 0.375. The molecular weight excluding hydrogens is 366 g/mol. The van der Waals surface area contributed by atoms with Crippen LogP contribution in [0, 0.1) is 5.21 Å². The largest absolute Gasteiger partial charge is 0.621 e. The molecule has 3 rings (SSSR count). The Morgan fingerprint density at radius 2 is 1.83 bits per heavy atom. The minimum absolute atomic E-state index is 0.218. The van der Waals surface area contributed by atoms with Crippen LogP contribution < -0.4 is 4.74 Å². The highest BCUT2D eigenvalue weighted by molar-refractivity contribution is 5.72. The molecule has 154 valence electrons. The quantitative estimate of drug-likeness (QED) is 0.232. The number of methoxy groups -OCH3 is 1. The number of hydroxylamine groups is 1. The van der Waals surface area contributed by atoms with Gasteiger partial charge >= 0.3 is 5.90 Å². The van der Waals surface area contributed by atoms with E-state index in [-0.39, 0.29) is 6.04 Å². The van der Waals surface area contributed by atoms with E-state index in [0.717, 1.165) is 40.9 Å². The van der Waals surface area contributed by atoms with Gasteiger partial charge in [0.25, 0.3) is 0 Å². The van der Waals surface area contributed by atoms with Gasteiger partial charge in [-0.25, -0.2) is 0 Å². The van der Waals surface area contributed by atoms with Crippen molar-refractivity contribution >= 4 is 5.90 Å². The van der Waals surface area contributed by atoms with Crippen LogP contribution in [0.1, 0.15) is 42.9 Å². The van der Waals surface area contributed by atoms with Crippen molar-refractivity contribution in [2.45, 2.75) is 38.3 Å². The normalized spacial score (nSPS) is 16.4. The summed E-state index contributed by atoms with van der Waals surface area (Å²) in [5.41, 5.74) is 2.14. The minimum atomic E-state index is -0.218. The maximum Gasteiger partial charge on any atom is 0.348 e. The molecule has 0 radical (unpaired) electrons. The summed E-state index contributed by atoms with van der Waals surface area (Å²) in [6, 6.07) is 17.5. The molecule has 0 saturated carbocycles. The molecule has 1 aliphatic heterocycles. The Bertz CT molecular complexity index is 799. The molecule has 2 aromatic carbocycles. The SMILES string of the molecule is COc1ccc(COCC/C=C\CCCC2=[N+]([O-])[C@@H](c3ccccc3)CO2)cc1. The number of allylic oxidation sites excluding steroid dienone is 1. The third-order valence-electron chi connectivity index (χ3n) is 4.91. The molecule has 0 aromatic heterocycles. The molecule has 0 spiro atoms. The maximum absolute atomic E-state index is 12.4. The predicted octanol–water partition coefficient (Wildman–Crippen LogP) is 5.01. The van der Waals surface area contributed by atoms with Crippen molar-refractivity contribution in [1.82, 2.24) is 0 Å². The van der Waals surface area contributed by atoms with Gasteiger partial charge in [-0.15, -0.1) is 0 Å². The molecule has 5 heteroatoms. The van der Waals surface area contributed by atoms with E-state index in [1.807, 2.05) is 54.6 Å². The summed E-state index contributed by atoms with van der Waals surface area (Å²) in [6.07, 6.45) is 7.66. The Balaban J connectivity index is 1.28. The summed E-state index contributed by atoms with van der Waals surface area (Å²) >= 11 is 0. The molecule has 1 aliphatic rings. The van der Waals surface area contributed by atoms with Crippen LogP contribution in [0.5, 0.6) is 5.75 Å². The number of rotatable bonds is 11. The lowest BCUT2D eigenvalue weighted by molar-refractivity contribution is -0.496. The number of hydrogen-bond acceptors (Lipinski definition) is 4. The first-order valence-electron chi connectivity index (χ1n) is 10.1. The van der Waals surface area contributed by atoms with Gasteiger partial charge in [-0.05, 0) is 37.0 Å². The molecular formula is C24H29NO4. The van der Waals surface area contributed by atoms with Crippen LogP contribution in [0.25, 0.3) is 0 Å². The first kappa shape index (κ1) is 20.9. The third kappa shape index (κ3) is 6.36. The van der Waals surface area contributed by atoms with Crippen LogP contribution in [0.15, 0.2) is 66.7 Å². The number of ether oxygens (including phenoxy) is 3. The van der Waals surface area contributed by atoms with E-state index in [9.17, 15) is 5.21 Å². The van der Waals surface area contributed by atoms with E-state index in [1.54, 1.807) is 7.11 Å². The number of nitrogens with zero attached hydrogens (tertiary/aromatic N) is 1. The lowest BCUT2D eigenvalue weighted by Crippen LogP contribution is -2.13. The Morgan fingerprint density at radius 1 is 1.07 bits per heavy atom. The minimum Gasteiger partial charge on any atom is -0.621 e. The van der Waals surface area contributed by atoms with E-state index in [4.69, 9.17) is 14.2 Å². The highest BCUT2D eigenvalue weighted by atomic mass is 16.6. The summed E-state index contributed by atoms with van der Waals surface area (Å²) in [4.78, 5) is 0. The molecule has 29 heavy (non-hydrogen) atoms. The van der Waals surface area contributed by atoms with Crippen LogP contribution in [-0.2, 0) is 16.1 Å². The van der Waals surface area contributed by atoms with Crippen molar-refractivity contribution in [3.63, 3.8) is 0 Å². The van der Waals surface area contributed by atoms with Gasteiger partial charge in [-0.3, -0.25) is 0 Å². The highest BCUT2D eigenvalue weighted by Gasteiger charge is 2.31. The average Bonchev–Trinajstić information content (AvgIpc) is 3.14. The van der Waals surface area contributed by atoms with Crippen molar-refractivity contribution in [2.75, 3.05) is 20.3 Å². The fourth-order valence-corrected chi connectivity index (χ4v) is 3.24. The molecule has 0 unspecified atom stereocenters. The van der Waals surface area contributed by atoms with Crippen LogP contribution in [0.4, 0.5) is 0 Å². The number of hydrogen-bond donors (Lipinski definition) is 0. The predicted molar refractivity (Wildman–Crippen MR) is 114 cm³/mol. The summed E-state index contributed by atoms with van der Waals surface area (Å²) < 4.78 is 17.5. The molecule has 0 aliphatic carbocycles. The van der Waals surface area contributed by atoms with Gasteiger partial charge in [0.15, 0.2) is 6.61 Å². The number of unbranched alkanes of at least 4 members (excludes halogenated alkanes) is 1. The Hall–Kier alpha value is -2.79. The summed E-state index contributed by atoms with van der Waals surface area (Å²) in [5, 5.41) is 12.4. The standard InChI is InChI=1S/C24H29NO4/c1-27-22-15-13-20(14-16-22)18-28-17-9-4-2-3-8-12-24-25(26)23(19-29-24)21-10-6-5-7-11-21/h2,4-7,10-11,13-16,23H,3,8-9,12,17-19H2,1H3/b4-2-/t23-/m1/s1. The van der Waals surface area contributed by atoms with Crippen molar-refractivity contribution in [3.8, 4) is 5.75 Å². The molecule has 0 fully saturated rings. The van der Waals surface area contributed by atoms with E-state index in [2.05, 4.69) is 12.2 Å². The van der Waals surface area contributed by atoms with Gasteiger partial charge < -0.3 is 19.4 Å². The van der Waals surface area contributed by atoms with Crippen molar-refractivity contribution < 1.29 is 18.9 Å². The average molecular weight is 395 g/mol. The smallest absolute Gasteiger partial charge is 0.348 e. The van der Waals surface area contributed by atoms with Gasteiger partial charge in [0.05, 0.1) is 26.7 Å². The number of benzene rings is 2. The Labute approximate surface area is 172 Å². The summed E-state index contributed by atoms with van der Waals surface area (Å²) in [6.45, 7) is 1.73. The Kier molecular flexibility index (Phi) is 8.13. The van der Waals surface area contributed by atoms with Gasteiger partial charge in [0.1, 0.15) is 5.75 Å². The summed E-state index contributed by atoms with van der Waals surface area (Å²) in [5.74, 6) is 1.41. The van der Waals surface area contributed by atoms with Gasteiger partial charge in [-0.2, -0.15) is 4.74 Å². The van der Waals surface area contributed by atoms with Gasteiger partial charge in [0, 0.05) is 5.56 Å². The van der Waals surface area contributed by atoms with E-state index in [0.29, 0.717) is 32.1 Å². The molecule has 2 aromatic rings. The molecule has 1 heterocycles. The first-order chi connectivity index (χ1) is 14.3. The van der Waals surface area contributed by atoms with Crippen LogP contribution >= 0.6 is 0 Å². The zero-order valence-corrected chi connectivity index (χ0v) is 17.0. The second-order valence-electron chi connectivity index (χ2n) is 7.01. The lowest BCUT2D eigenvalue weighted by atomic mass is 10.1. The topological polar surface area (TPSA) is 53.8 Å². The van der Waals surface area contributed by atoms with Crippen molar-refractivity contribution in [1.29, 1.82) is 0 Å². The second-order valence-corrected chi connectivity index (χ2v) is 7.01. The maximum atomic E-state index is 12.4. The molecule has 5 nitrogen and oxygen atoms in total. The monoisotopic (exact) mass is 395 g/mol. The molecule has 0 amide bonds. The van der Waals surface area contributed by atoms with Gasteiger partial charge in [0.2, 0.25) is 6.04 Å². The third-order valence-corrected chi connectivity index (χ3v) is 4.91. The van der Waals surface area contributed by atoms with Crippen LogP contribution in [0.3, 0.4) is 0 Å². The lowest BCUT2D eigenvalue weighted by Gasteiger charge is -2.08. The highest BCUT2D eigenvalue weighted by Crippen LogP contribution is 2.23. The molecule has 0 bridgehead atoms. The summed E-state index contributed by atoms with van der Waals surface area (Å²) in [7, 11) is 1.66. The van der Waals surface area contributed by atoms with Crippen LogP contribution in [-0.4, -0.2) is 31.0 Å². The fourth-order valence-electron chi connectivity index (χ4n) is 3.24. The first-order valence-corrected chi connectivity index (χ1v) is 10.1. The zero-order valence-electron chi connectivity index (χ0n) is 17.0. The van der Waals surface area contributed by atoms with E-state index < -0.39 is 0 Å². The van der Waals surface area contributed by atoms with Crippen LogP contribution in [0.2, 0.25) is 0 Å². The molecule has 0 N–H and O–H groups in total. The van der Waals surface area contributed by atoms with Gasteiger partial charge in [-0.1, -0.05) is 54.6 Å². The molecule has 0 saturated heterocycles. The second kappa shape index (κ2) is 11.3. The van der Waals surface area contributed by atoms with Crippen molar-refractivity contribution in [3.05, 3.63) is 83.1 Å². The molecule has 1 atom stereocenters. The van der Waals surface area contributed by atoms with E-state index >= 15 is 0 Å².